The van der Waals surface area contributed by atoms with Gasteiger partial charge < -0.3 is 15.9 Å². The Morgan fingerprint density at radius 2 is 2.46 bits per heavy atom. The van der Waals surface area contributed by atoms with E-state index < -0.39 is 18.4 Å². The van der Waals surface area contributed by atoms with Gasteiger partial charge in [-0.2, -0.15) is 0 Å². The molecule has 1 unspecified atom stereocenters. The van der Waals surface area contributed by atoms with Gasteiger partial charge in [-0.05, 0) is 24.1 Å². The van der Waals surface area contributed by atoms with Crippen LogP contribution >= 0.6 is 0 Å². The van der Waals surface area contributed by atoms with Crippen LogP contribution in [0.15, 0.2) is 24.2 Å². The zero-order valence-electron chi connectivity index (χ0n) is 9.69. The fraction of sp³-hybridized carbons (Fsp3) is 0.222. The summed E-state index contributed by atoms with van der Waals surface area (Å²) in [6, 6.07) is 0.826. The minimum absolute atomic E-state index is 0.0997. The monoisotopic (exact) mass is 184 g/mol. The molecule has 0 aliphatic rings. The van der Waals surface area contributed by atoms with Crippen molar-refractivity contribution in [3.63, 3.8) is 0 Å². The molecule has 0 aliphatic carbocycles. The fourth-order valence-corrected chi connectivity index (χ4v) is 0.760. The average Bonchev–Trinajstić information content (AvgIpc) is 2.20. The summed E-state index contributed by atoms with van der Waals surface area (Å²) in [5, 5.41) is 17.8. The number of phenols is 1. The van der Waals surface area contributed by atoms with E-state index in [1.165, 1.54) is 6.07 Å². The average molecular weight is 184 g/mol. The number of rotatable bonds is 3. The molecule has 4 N–H and O–H groups in total. The van der Waals surface area contributed by atoms with Crippen LogP contribution in [0.1, 0.15) is 9.68 Å². The molecule has 0 bridgehead atoms. The minimum Gasteiger partial charge on any atom is -0.508 e. The lowest BCUT2D eigenvalue weighted by molar-refractivity contribution is -0.138. The Morgan fingerprint density at radius 1 is 1.77 bits per heavy atom. The van der Waals surface area contributed by atoms with Gasteiger partial charge in [0, 0.05) is 1.37 Å². The molecule has 0 heterocycles. The first kappa shape index (κ1) is 5.99. The van der Waals surface area contributed by atoms with Crippen LogP contribution in [0.2, 0.25) is 0 Å². The third-order valence-corrected chi connectivity index (χ3v) is 1.39. The largest absolute Gasteiger partial charge is 0.508 e. The van der Waals surface area contributed by atoms with Gasteiger partial charge in [0.05, 0.1) is 2.74 Å². The second-order valence-corrected chi connectivity index (χ2v) is 2.41. The predicted octanol–water partition coefficient (Wildman–Crippen LogP) is 0.347. The van der Waals surface area contributed by atoms with Crippen LogP contribution < -0.4 is 5.73 Å². The number of hydrogen-bond acceptors (Lipinski definition) is 3. The molecule has 0 saturated carbocycles. The van der Waals surface area contributed by atoms with Crippen molar-refractivity contribution in [2.24, 2.45) is 5.73 Å². The van der Waals surface area contributed by atoms with Crippen molar-refractivity contribution >= 4 is 5.97 Å². The summed E-state index contributed by atoms with van der Waals surface area (Å²) >= 11 is 0. The highest BCUT2D eigenvalue weighted by atomic mass is 16.4. The Labute approximate surface area is 79.8 Å². The molecule has 2 atom stereocenters. The van der Waals surface area contributed by atoms with Crippen LogP contribution in [-0.2, 0) is 11.2 Å². The van der Waals surface area contributed by atoms with Crippen LogP contribution in [0.25, 0.3) is 0 Å². The number of benzene rings is 1. The summed E-state index contributed by atoms with van der Waals surface area (Å²) in [6.07, 6.45) is -1.53. The zero-order valence-corrected chi connectivity index (χ0v) is 6.69. The molecule has 0 aromatic heterocycles. The molecule has 13 heavy (non-hydrogen) atoms. The lowest BCUT2D eigenvalue weighted by Crippen LogP contribution is -2.32. The summed E-state index contributed by atoms with van der Waals surface area (Å²) < 4.78 is 22.2. The van der Waals surface area contributed by atoms with E-state index in [9.17, 15) is 4.79 Å². The van der Waals surface area contributed by atoms with Gasteiger partial charge in [-0.25, -0.2) is 0 Å². The Hall–Kier alpha value is -1.55. The van der Waals surface area contributed by atoms with Gasteiger partial charge >= 0.3 is 5.97 Å². The van der Waals surface area contributed by atoms with Gasteiger partial charge in [0.15, 0.2) is 0 Å². The van der Waals surface area contributed by atoms with E-state index in [0.717, 1.165) is 12.1 Å². The van der Waals surface area contributed by atoms with Crippen molar-refractivity contribution in [1.29, 1.82) is 0 Å². The molecule has 0 fully saturated rings. The summed E-state index contributed by atoms with van der Waals surface area (Å²) in [6.45, 7) is 0. The van der Waals surface area contributed by atoms with Crippen molar-refractivity contribution in [2.45, 2.75) is 12.4 Å². The van der Waals surface area contributed by atoms with E-state index >= 15 is 0 Å². The molecule has 1 rings (SSSR count). The first-order valence-electron chi connectivity index (χ1n) is 5.08. The summed E-state index contributed by atoms with van der Waals surface area (Å²) in [4.78, 5) is 10.7. The third kappa shape index (κ3) is 2.76. The number of carboxylic acids is 1. The standard InChI is InChI=1S/C9H11NO3/c10-8(9(12)13)5-6-1-3-7(11)4-2-6/h1-4,8,11H,5,10H2,(H,12,13)/t8-/m1/s1/i3D,5D,8D/t5?,8-. The van der Waals surface area contributed by atoms with Gasteiger partial charge in [-0.3, -0.25) is 4.79 Å². The highest BCUT2D eigenvalue weighted by Gasteiger charge is 2.11. The molecule has 0 spiro atoms. The smallest absolute Gasteiger partial charge is 0.320 e. The van der Waals surface area contributed by atoms with Crippen LogP contribution in [0, 0.1) is 0 Å². The van der Waals surface area contributed by atoms with Gasteiger partial charge in [0.2, 0.25) is 0 Å². The maximum atomic E-state index is 10.7. The Morgan fingerprint density at radius 3 is 3.00 bits per heavy atom. The summed E-state index contributed by atoms with van der Waals surface area (Å²) in [5.41, 5.74) is 5.28. The topological polar surface area (TPSA) is 83.6 Å². The van der Waals surface area contributed by atoms with Gasteiger partial charge in [-0.1, -0.05) is 12.1 Å². The highest BCUT2D eigenvalue weighted by molar-refractivity contribution is 5.73. The SMILES string of the molecule is [2H]c1cc(C([2H])[C@@]([2H])(N)C(=O)O)ccc1O. The van der Waals surface area contributed by atoms with E-state index in [0.29, 0.717) is 0 Å². The molecule has 4 heteroatoms. The number of aliphatic carboxylic acids is 1. The zero-order chi connectivity index (χ0) is 12.5. The predicted molar refractivity (Wildman–Crippen MR) is 47.4 cm³/mol. The molecular formula is C9H11NO3. The first-order chi connectivity index (χ1) is 7.26. The van der Waals surface area contributed by atoms with E-state index in [1.807, 2.05) is 0 Å². The van der Waals surface area contributed by atoms with Crippen molar-refractivity contribution in [1.82, 2.24) is 0 Å². The van der Waals surface area contributed by atoms with Gasteiger partial charge in [0.25, 0.3) is 0 Å². The second-order valence-electron chi connectivity index (χ2n) is 2.41. The van der Waals surface area contributed by atoms with E-state index in [-0.39, 0.29) is 17.4 Å². The number of carboxylic acid groups (broad SMARTS) is 1. The molecular weight excluding hydrogens is 170 g/mol. The molecule has 1 aromatic carbocycles. The Bertz CT molecular complexity index is 422. The Balaban J connectivity index is 3.10. The quantitative estimate of drug-likeness (QED) is 0.632. The van der Waals surface area contributed by atoms with Crippen LogP contribution in [0.5, 0.6) is 5.75 Å². The molecule has 70 valence electrons. The number of hydrogen-bond donors (Lipinski definition) is 3. The van der Waals surface area contributed by atoms with Crippen molar-refractivity contribution in [3.8, 4) is 5.75 Å². The van der Waals surface area contributed by atoms with Gasteiger partial charge in [0.1, 0.15) is 11.8 Å². The lowest BCUT2D eigenvalue weighted by atomic mass is 10.1. The summed E-state index contributed by atoms with van der Waals surface area (Å²) in [5.74, 6) is -1.90. The third-order valence-electron chi connectivity index (χ3n) is 1.39. The van der Waals surface area contributed by atoms with Crippen LogP contribution in [0.3, 0.4) is 0 Å². The van der Waals surface area contributed by atoms with Gasteiger partial charge in [-0.15, -0.1) is 0 Å². The molecule has 0 saturated heterocycles. The maximum absolute atomic E-state index is 10.7. The van der Waals surface area contributed by atoms with Crippen molar-refractivity contribution in [3.05, 3.63) is 29.8 Å². The molecule has 1 aromatic rings. The van der Waals surface area contributed by atoms with E-state index in [1.54, 1.807) is 0 Å². The van der Waals surface area contributed by atoms with Crippen LogP contribution in [-0.4, -0.2) is 22.2 Å². The first-order valence-corrected chi connectivity index (χ1v) is 3.51. The minimum atomic E-state index is -2.48. The second kappa shape index (κ2) is 3.91. The highest BCUT2D eigenvalue weighted by Crippen LogP contribution is 2.10. The van der Waals surface area contributed by atoms with Crippen LogP contribution in [0.4, 0.5) is 0 Å². The lowest BCUT2D eigenvalue weighted by Gasteiger charge is -2.05. The normalized spacial score (nSPS) is 20.5. The number of carbonyl (C=O) groups is 1. The molecule has 0 amide bonds. The Kier molecular flexibility index (Phi) is 1.80. The molecule has 4 nitrogen and oxygen atoms in total. The number of aromatic hydroxyl groups is 1. The number of nitrogens with two attached hydrogens (primary N) is 1. The fourth-order valence-electron chi connectivity index (χ4n) is 0.760. The molecule has 0 aliphatic heterocycles. The van der Waals surface area contributed by atoms with E-state index in [4.69, 9.17) is 20.1 Å². The maximum Gasteiger partial charge on any atom is 0.320 e. The number of phenolic OH excluding ortho intramolecular Hbond substituents is 1. The van der Waals surface area contributed by atoms with E-state index in [2.05, 4.69) is 0 Å². The molecule has 0 radical (unpaired) electrons. The van der Waals surface area contributed by atoms with Crippen molar-refractivity contribution < 1.29 is 19.1 Å². The summed E-state index contributed by atoms with van der Waals surface area (Å²) in [7, 11) is 0. The van der Waals surface area contributed by atoms with Crippen molar-refractivity contribution in [2.75, 3.05) is 0 Å².